The number of benzene rings is 2. The monoisotopic (exact) mass is 556 g/mol. The average molecular weight is 557 g/mol. The summed E-state index contributed by atoms with van der Waals surface area (Å²) in [5, 5.41) is 0. The van der Waals surface area contributed by atoms with E-state index in [2.05, 4.69) is 119 Å². The van der Waals surface area contributed by atoms with Crippen LogP contribution in [0.15, 0.2) is 36.4 Å². The zero-order valence-corrected chi connectivity index (χ0v) is 33.1. The maximum absolute atomic E-state index is 8.55. The average Bonchev–Trinajstić information content (AvgIpc) is 2.56. The van der Waals surface area contributed by atoms with Gasteiger partial charge in [-0.1, -0.05) is 119 Å². The third-order valence-electron chi connectivity index (χ3n) is 5.86. The van der Waals surface area contributed by atoms with Gasteiger partial charge in [0.1, 0.15) is 0 Å². The van der Waals surface area contributed by atoms with Gasteiger partial charge in [-0.2, -0.15) is 7.82 Å². The molecule has 0 atom stereocenters. The quantitative estimate of drug-likeness (QED) is 0.286. The second-order valence-electron chi connectivity index (χ2n) is 13.5. The van der Waals surface area contributed by atoms with Gasteiger partial charge in [0.2, 0.25) is 0 Å². The van der Waals surface area contributed by atoms with Crippen LogP contribution in [-0.4, -0.2) is 0 Å². The molecule has 0 aliphatic carbocycles. The second-order valence-corrected chi connectivity index (χ2v) is 14.4. The van der Waals surface area contributed by atoms with Crippen LogP contribution in [0, 0.1) is 0 Å². The van der Waals surface area contributed by atoms with Crippen LogP contribution in [0.2, 0.25) is 0 Å². The van der Waals surface area contributed by atoms with Gasteiger partial charge in [-0.05, 0) is 61.5 Å². The van der Waals surface area contributed by atoms with E-state index in [9.17, 15) is 0 Å². The molecule has 0 saturated heterocycles. The van der Waals surface area contributed by atoms with Crippen molar-refractivity contribution in [2.45, 2.75) is 111 Å². The molecule has 0 spiro atoms. The maximum atomic E-state index is 8.55. The van der Waals surface area contributed by atoms with Gasteiger partial charge < -0.3 is 19.2 Å². The summed E-state index contributed by atoms with van der Waals surface area (Å²) in [7, 11) is -5.39. The molecule has 4 nitrogen and oxygen atoms in total. The maximum Gasteiger partial charge on any atom is 1.00 e. The molecule has 0 heterocycles. The third kappa shape index (κ3) is 16.5. The summed E-state index contributed by atoms with van der Waals surface area (Å²) >= 11 is 0. The molecule has 0 unspecified atom stereocenters. The predicted molar refractivity (Wildman–Crippen MR) is 138 cm³/mol. The molecule has 0 fully saturated rings. The van der Waals surface area contributed by atoms with E-state index in [0.29, 0.717) is 0 Å². The Morgan fingerprint density at radius 1 is 0.486 bits per heavy atom. The Morgan fingerprint density at radius 3 is 0.784 bits per heavy atom. The van der Waals surface area contributed by atoms with Crippen LogP contribution in [0.3, 0.4) is 0 Å². The van der Waals surface area contributed by atoms with Crippen molar-refractivity contribution in [3.8, 4) is 0 Å². The predicted octanol–water partition coefficient (Wildman–Crippen LogP) is -3.35. The molecule has 0 saturated carbocycles. The van der Waals surface area contributed by atoms with Gasteiger partial charge in [-0.25, -0.2) is 0 Å². The normalized spacial score (nSPS) is 12.3. The molecule has 8 heteroatoms. The van der Waals surface area contributed by atoms with Crippen molar-refractivity contribution in [2.75, 3.05) is 0 Å². The zero-order valence-electron chi connectivity index (χ0n) is 26.3. The molecule has 0 radical (unpaired) electrons. The summed E-state index contributed by atoms with van der Waals surface area (Å²) < 4.78 is 8.55. The Morgan fingerprint density at radius 2 is 0.649 bits per heavy atom. The van der Waals surface area contributed by atoms with Gasteiger partial charge in [0.05, 0.1) is 0 Å². The summed E-state index contributed by atoms with van der Waals surface area (Å²) in [4.78, 5) is 25.6. The first kappa shape index (κ1) is 43.0. The summed E-state index contributed by atoms with van der Waals surface area (Å²) in [6, 6.07) is 14.5. The SMILES string of the molecule is CC(C)(C)c1cc(Cc2cc(C(C)(C)C)cc(C(C)(C)C)c2)cc(C(C)(C)C)c1.O=P([O-])([O-])[O-].[Na+].[Na+].[Na+]. The van der Waals surface area contributed by atoms with E-state index in [1.807, 2.05) is 0 Å². The van der Waals surface area contributed by atoms with Gasteiger partial charge in [0, 0.05) is 0 Å². The molecule has 0 aromatic heterocycles. The first-order chi connectivity index (χ1) is 14.9. The fraction of sp³-hybridized carbons (Fsp3) is 0.586. The van der Waals surface area contributed by atoms with Crippen LogP contribution in [0.25, 0.3) is 0 Å². The standard InChI is InChI=1S/C29H44.3Na.H3O4P/c1-26(2,3)22-14-20(15-23(18-22)27(4,5)6)13-21-16-24(28(7,8)9)19-25(17-21)29(10,11)12;;;;1-5(2,3)4/h14-19H,13H2,1-12H3;;;;(H3,1,2,3,4)/q;3*+1;/p-3. The summed E-state index contributed by atoms with van der Waals surface area (Å²) in [6.07, 6.45) is 0.986. The largest absolute Gasteiger partial charge is 1.00 e. The van der Waals surface area contributed by atoms with Crippen molar-refractivity contribution in [3.05, 3.63) is 69.8 Å². The number of phosphoric acid groups is 1. The fourth-order valence-electron chi connectivity index (χ4n) is 3.56. The molecule has 0 aliphatic heterocycles. The molecule has 37 heavy (non-hydrogen) atoms. The minimum atomic E-state index is -5.39. The topological polar surface area (TPSA) is 86.2 Å². The van der Waals surface area contributed by atoms with Crippen LogP contribution in [0.1, 0.15) is 116 Å². The summed E-state index contributed by atoms with van der Waals surface area (Å²) in [6.45, 7) is 27.8. The third-order valence-corrected chi connectivity index (χ3v) is 5.86. The molecule has 2 aromatic rings. The Bertz CT molecular complexity index is 889. The Hall–Kier alpha value is 1.55. The van der Waals surface area contributed by atoms with Crippen molar-refractivity contribution in [1.82, 2.24) is 0 Å². The molecule has 0 amide bonds. The van der Waals surface area contributed by atoms with Gasteiger partial charge in [-0.15, -0.1) is 0 Å². The first-order valence-electron chi connectivity index (χ1n) is 11.9. The van der Waals surface area contributed by atoms with Gasteiger partial charge >= 0.3 is 88.7 Å². The molecule has 192 valence electrons. The minimum Gasteiger partial charge on any atom is -0.822 e. The van der Waals surface area contributed by atoms with Crippen molar-refractivity contribution in [1.29, 1.82) is 0 Å². The second kappa shape index (κ2) is 15.7. The number of hydrogen-bond acceptors (Lipinski definition) is 4. The molecule has 2 rings (SSSR count). The van der Waals surface area contributed by atoms with Crippen molar-refractivity contribution < 1.29 is 108 Å². The first-order valence-corrected chi connectivity index (χ1v) is 13.4. The Kier molecular flexibility index (Phi) is 18.2. The molecule has 0 aliphatic rings. The van der Waals surface area contributed by atoms with E-state index >= 15 is 0 Å². The van der Waals surface area contributed by atoms with Crippen LogP contribution < -0.4 is 103 Å². The van der Waals surface area contributed by atoms with E-state index in [-0.39, 0.29) is 110 Å². The molecule has 0 bridgehead atoms. The van der Waals surface area contributed by atoms with Crippen LogP contribution in [0.5, 0.6) is 0 Å². The Balaban J connectivity index is -0.00000132. The van der Waals surface area contributed by atoms with Crippen molar-refractivity contribution in [2.24, 2.45) is 0 Å². The zero-order chi connectivity index (χ0) is 26.9. The van der Waals surface area contributed by atoms with Gasteiger partial charge in [0.15, 0.2) is 0 Å². The summed E-state index contributed by atoms with van der Waals surface area (Å²) in [5.74, 6) is 0. The van der Waals surface area contributed by atoms with Crippen LogP contribution in [0.4, 0.5) is 0 Å². The van der Waals surface area contributed by atoms with Crippen LogP contribution in [-0.2, 0) is 32.6 Å². The molecule has 0 N–H and O–H groups in total. The Labute approximate surface area is 293 Å². The van der Waals surface area contributed by atoms with Crippen LogP contribution >= 0.6 is 7.82 Å². The molecular weight excluding hydrogens is 512 g/mol. The smallest absolute Gasteiger partial charge is 0.822 e. The van der Waals surface area contributed by atoms with E-state index in [4.69, 9.17) is 19.2 Å². The minimum absolute atomic E-state index is 0. The number of hydrogen-bond donors (Lipinski definition) is 0. The molecular formula is C29H44Na3O4P. The van der Waals surface area contributed by atoms with E-state index in [1.165, 1.54) is 33.4 Å². The van der Waals surface area contributed by atoms with E-state index < -0.39 is 7.82 Å². The number of rotatable bonds is 2. The van der Waals surface area contributed by atoms with Crippen molar-refractivity contribution in [3.63, 3.8) is 0 Å². The van der Waals surface area contributed by atoms with Gasteiger partial charge in [-0.3, -0.25) is 0 Å². The van der Waals surface area contributed by atoms with Gasteiger partial charge in [0.25, 0.3) is 0 Å². The van der Waals surface area contributed by atoms with Crippen molar-refractivity contribution >= 4 is 7.82 Å². The van der Waals surface area contributed by atoms with E-state index in [0.717, 1.165) is 6.42 Å². The summed E-state index contributed by atoms with van der Waals surface area (Å²) in [5.41, 5.74) is 9.19. The van der Waals surface area contributed by atoms with E-state index in [1.54, 1.807) is 0 Å². The fourth-order valence-corrected chi connectivity index (χ4v) is 3.56. The molecule has 2 aromatic carbocycles.